The topological polar surface area (TPSA) is 91.8 Å². The number of carbonyl (C=O) groups is 2. The molecule has 0 aliphatic carbocycles. The molecule has 0 radical (unpaired) electrons. The van der Waals surface area contributed by atoms with E-state index in [2.05, 4.69) is 28.0 Å². The van der Waals surface area contributed by atoms with E-state index in [0.717, 1.165) is 5.56 Å². The zero-order chi connectivity index (χ0) is 15.9. The van der Waals surface area contributed by atoms with E-state index >= 15 is 0 Å². The number of hydrogen-bond donors (Lipinski definition) is 3. The van der Waals surface area contributed by atoms with E-state index in [4.69, 9.17) is 4.74 Å². The van der Waals surface area contributed by atoms with E-state index < -0.39 is 0 Å². The van der Waals surface area contributed by atoms with Crippen LogP contribution in [0, 0.1) is 5.92 Å². The van der Waals surface area contributed by atoms with Gasteiger partial charge in [-0.15, -0.1) is 0 Å². The summed E-state index contributed by atoms with van der Waals surface area (Å²) in [6, 6.07) is 7.33. The monoisotopic (exact) mass is 302 g/mol. The van der Waals surface area contributed by atoms with Crippen LogP contribution in [-0.4, -0.2) is 25.1 Å². The Morgan fingerprint density at radius 2 is 2.23 bits per heavy atom. The number of hydrazone groups is 1. The van der Waals surface area contributed by atoms with Crippen molar-refractivity contribution in [2.24, 2.45) is 11.0 Å². The molecule has 22 heavy (non-hydrogen) atoms. The highest BCUT2D eigenvalue weighted by Crippen LogP contribution is 2.17. The molecule has 0 aromatic heterocycles. The van der Waals surface area contributed by atoms with Crippen molar-refractivity contribution in [2.75, 3.05) is 7.11 Å². The molecule has 0 bridgehead atoms. The second-order valence-corrected chi connectivity index (χ2v) is 4.77. The Kier molecular flexibility index (Phi) is 5.13. The minimum absolute atomic E-state index is 0.171. The molecule has 1 aliphatic rings. The van der Waals surface area contributed by atoms with E-state index in [9.17, 15) is 9.59 Å². The van der Waals surface area contributed by atoms with Gasteiger partial charge in [0.2, 0.25) is 11.8 Å². The largest absolute Gasteiger partial charge is 0.496 e. The van der Waals surface area contributed by atoms with Gasteiger partial charge in [-0.25, -0.2) is 5.43 Å². The number of hydrazine groups is 1. The second kappa shape index (κ2) is 7.26. The van der Waals surface area contributed by atoms with Crippen molar-refractivity contribution in [3.63, 3.8) is 0 Å². The Bertz CT molecular complexity index is 597. The van der Waals surface area contributed by atoms with Gasteiger partial charge in [0.15, 0.2) is 0 Å². The first-order chi connectivity index (χ1) is 10.6. The molecule has 1 fully saturated rings. The molecule has 1 heterocycles. The van der Waals surface area contributed by atoms with Crippen LogP contribution in [0.1, 0.15) is 18.4 Å². The van der Waals surface area contributed by atoms with Crippen LogP contribution >= 0.6 is 0 Å². The molecule has 3 N–H and O–H groups in total. The molecule has 1 aliphatic heterocycles. The number of nitrogens with one attached hydrogen (secondary N) is 3. The molecular formula is C15H18N4O3. The fraction of sp³-hybridized carbons (Fsp3) is 0.267. The normalized spacial score (nSPS) is 17.2. The number of carbonyl (C=O) groups excluding carboxylic acids is 2. The fourth-order valence-electron chi connectivity index (χ4n) is 2.06. The van der Waals surface area contributed by atoms with Gasteiger partial charge in [0, 0.05) is 17.7 Å². The van der Waals surface area contributed by atoms with E-state index in [1.54, 1.807) is 13.2 Å². The number of rotatable bonds is 6. The second-order valence-electron chi connectivity index (χ2n) is 4.77. The highest BCUT2D eigenvalue weighted by Gasteiger charge is 2.27. The summed E-state index contributed by atoms with van der Waals surface area (Å²) in [6.45, 7) is 3.72. The summed E-state index contributed by atoms with van der Waals surface area (Å²) >= 11 is 0. The SMILES string of the molecule is C=C1NNC(=O)C1CCC(=O)NN=Cc1ccccc1OC. The molecular weight excluding hydrogens is 284 g/mol. The Morgan fingerprint density at radius 3 is 2.91 bits per heavy atom. The average molecular weight is 302 g/mol. The van der Waals surface area contributed by atoms with Gasteiger partial charge in [-0.2, -0.15) is 5.10 Å². The van der Waals surface area contributed by atoms with Crippen molar-refractivity contribution in [1.29, 1.82) is 0 Å². The Morgan fingerprint density at radius 1 is 1.45 bits per heavy atom. The quantitative estimate of drug-likeness (QED) is 0.532. The number of methoxy groups -OCH3 is 1. The van der Waals surface area contributed by atoms with Gasteiger partial charge in [0.25, 0.3) is 0 Å². The molecule has 1 saturated heterocycles. The summed E-state index contributed by atoms with van der Waals surface area (Å²) < 4.78 is 5.18. The lowest BCUT2D eigenvalue weighted by atomic mass is 10.0. The Balaban J connectivity index is 1.81. The van der Waals surface area contributed by atoms with Crippen molar-refractivity contribution in [3.05, 3.63) is 42.1 Å². The van der Waals surface area contributed by atoms with Crippen molar-refractivity contribution in [1.82, 2.24) is 16.3 Å². The molecule has 7 heteroatoms. The van der Waals surface area contributed by atoms with Crippen molar-refractivity contribution >= 4 is 18.0 Å². The number of nitrogens with zero attached hydrogens (tertiary/aromatic N) is 1. The van der Waals surface area contributed by atoms with Crippen LogP contribution in [0.2, 0.25) is 0 Å². The van der Waals surface area contributed by atoms with Gasteiger partial charge < -0.3 is 10.2 Å². The van der Waals surface area contributed by atoms with Crippen molar-refractivity contribution < 1.29 is 14.3 Å². The van der Waals surface area contributed by atoms with Crippen LogP contribution in [0.3, 0.4) is 0 Å². The third kappa shape index (κ3) is 3.85. The van der Waals surface area contributed by atoms with E-state index in [0.29, 0.717) is 17.9 Å². The highest BCUT2D eigenvalue weighted by molar-refractivity contribution is 5.86. The number of para-hydroxylation sites is 1. The summed E-state index contributed by atoms with van der Waals surface area (Å²) in [4.78, 5) is 23.2. The molecule has 2 amide bonds. The summed E-state index contributed by atoms with van der Waals surface area (Å²) in [6.07, 6.45) is 2.08. The number of benzene rings is 1. The summed E-state index contributed by atoms with van der Waals surface area (Å²) in [7, 11) is 1.57. The predicted molar refractivity (Wildman–Crippen MR) is 81.9 cm³/mol. The third-order valence-electron chi connectivity index (χ3n) is 3.28. The lowest BCUT2D eigenvalue weighted by Gasteiger charge is -2.06. The smallest absolute Gasteiger partial charge is 0.247 e. The van der Waals surface area contributed by atoms with Gasteiger partial charge in [-0.05, 0) is 18.6 Å². The molecule has 1 unspecified atom stereocenters. The summed E-state index contributed by atoms with van der Waals surface area (Å²) in [5.74, 6) is -0.150. The first kappa shape index (κ1) is 15.6. The zero-order valence-corrected chi connectivity index (χ0v) is 12.3. The number of ether oxygens (including phenoxy) is 1. The maximum absolute atomic E-state index is 11.7. The first-order valence-corrected chi connectivity index (χ1v) is 6.81. The van der Waals surface area contributed by atoms with Crippen molar-refractivity contribution in [3.8, 4) is 5.75 Å². The lowest BCUT2D eigenvalue weighted by Crippen LogP contribution is -2.26. The third-order valence-corrected chi connectivity index (χ3v) is 3.28. The zero-order valence-electron chi connectivity index (χ0n) is 12.3. The average Bonchev–Trinajstić information content (AvgIpc) is 2.84. The van der Waals surface area contributed by atoms with Gasteiger partial charge in [0.1, 0.15) is 5.75 Å². The molecule has 0 spiro atoms. The predicted octanol–water partition coefficient (Wildman–Crippen LogP) is 0.690. The molecule has 0 saturated carbocycles. The maximum atomic E-state index is 11.7. The van der Waals surface area contributed by atoms with Gasteiger partial charge in [0.05, 0.1) is 19.2 Å². The standard InChI is InChI=1S/C15H18N4O3/c1-10-12(15(21)19-17-10)7-8-14(20)18-16-9-11-5-3-4-6-13(11)22-2/h3-6,9,12,17H,1,7-8H2,2H3,(H,18,20)(H,19,21). The van der Waals surface area contributed by atoms with Crippen LogP contribution in [0.15, 0.2) is 41.6 Å². The Hall–Kier alpha value is -2.83. The lowest BCUT2D eigenvalue weighted by molar-refractivity contribution is -0.123. The number of hydrogen-bond acceptors (Lipinski definition) is 5. The molecule has 1 aromatic carbocycles. The molecule has 2 rings (SSSR count). The van der Waals surface area contributed by atoms with Gasteiger partial charge >= 0.3 is 0 Å². The molecule has 1 aromatic rings. The van der Waals surface area contributed by atoms with Gasteiger partial charge in [-0.1, -0.05) is 18.7 Å². The molecule has 1 atom stereocenters. The Labute approximate surface area is 128 Å². The van der Waals surface area contributed by atoms with E-state index in [1.165, 1.54) is 6.21 Å². The van der Waals surface area contributed by atoms with Crippen LogP contribution in [0.5, 0.6) is 5.75 Å². The number of amides is 2. The van der Waals surface area contributed by atoms with Crippen LogP contribution in [-0.2, 0) is 9.59 Å². The summed E-state index contributed by atoms with van der Waals surface area (Å²) in [5, 5.41) is 3.89. The molecule has 116 valence electrons. The van der Waals surface area contributed by atoms with E-state index in [-0.39, 0.29) is 24.2 Å². The van der Waals surface area contributed by atoms with Crippen molar-refractivity contribution in [2.45, 2.75) is 12.8 Å². The van der Waals surface area contributed by atoms with Crippen LogP contribution < -0.4 is 21.0 Å². The van der Waals surface area contributed by atoms with Gasteiger partial charge in [-0.3, -0.25) is 15.0 Å². The maximum Gasteiger partial charge on any atom is 0.247 e. The highest BCUT2D eigenvalue weighted by atomic mass is 16.5. The minimum Gasteiger partial charge on any atom is -0.496 e. The van der Waals surface area contributed by atoms with Crippen LogP contribution in [0.25, 0.3) is 0 Å². The van der Waals surface area contributed by atoms with E-state index in [1.807, 2.05) is 18.2 Å². The molecule has 7 nitrogen and oxygen atoms in total. The summed E-state index contributed by atoms with van der Waals surface area (Å²) in [5.41, 5.74) is 8.88. The van der Waals surface area contributed by atoms with Crippen LogP contribution in [0.4, 0.5) is 0 Å². The minimum atomic E-state index is -0.385. The fourth-order valence-corrected chi connectivity index (χ4v) is 2.06. The first-order valence-electron chi connectivity index (χ1n) is 6.81.